The van der Waals surface area contributed by atoms with Gasteiger partial charge in [0.05, 0.1) is 12.2 Å². The average Bonchev–Trinajstić information content (AvgIpc) is 3.13. The van der Waals surface area contributed by atoms with E-state index in [1.165, 1.54) is 0 Å². The van der Waals surface area contributed by atoms with Gasteiger partial charge in [0.1, 0.15) is 5.52 Å². The van der Waals surface area contributed by atoms with Crippen LogP contribution in [0.15, 0.2) is 28.9 Å². The van der Waals surface area contributed by atoms with Crippen LogP contribution in [0.4, 0.5) is 6.01 Å². The second-order valence-electron chi connectivity index (χ2n) is 8.61. The Bertz CT molecular complexity index is 1160. The molecule has 1 amide bonds. The standard InChI is InChI=1S/C23H24Cl2N4O2/c1-12-20-14(8-16(24)9-18(20)25)5-6-29(12)22(30)15-4-2-3-13(7-15)17-10-27-11-19-21(17)31-23(26)28-19/h8-13,15H,2-7H2,1H3,(H2,26,28)/t12-,13+,15+/m0/s1. The van der Waals surface area contributed by atoms with Crippen LogP contribution >= 0.6 is 23.2 Å². The first kappa shape index (κ1) is 20.6. The van der Waals surface area contributed by atoms with Crippen molar-refractivity contribution in [3.05, 3.63) is 51.3 Å². The number of benzene rings is 1. The van der Waals surface area contributed by atoms with Crippen molar-refractivity contribution in [1.82, 2.24) is 14.9 Å². The fourth-order valence-electron chi connectivity index (χ4n) is 5.32. The molecule has 5 rings (SSSR count). The third-order valence-corrected chi connectivity index (χ3v) is 7.31. The van der Waals surface area contributed by atoms with Crippen LogP contribution < -0.4 is 5.73 Å². The number of amides is 1. The van der Waals surface area contributed by atoms with Gasteiger partial charge in [-0.3, -0.25) is 9.78 Å². The quantitative estimate of drug-likeness (QED) is 0.545. The van der Waals surface area contributed by atoms with E-state index < -0.39 is 0 Å². The summed E-state index contributed by atoms with van der Waals surface area (Å²) in [6.07, 6.45) is 7.89. The molecular formula is C23H24Cl2N4O2. The van der Waals surface area contributed by atoms with Crippen molar-refractivity contribution >= 4 is 46.2 Å². The van der Waals surface area contributed by atoms with E-state index >= 15 is 0 Å². The van der Waals surface area contributed by atoms with Crippen LogP contribution in [0.25, 0.3) is 11.1 Å². The van der Waals surface area contributed by atoms with E-state index in [0.717, 1.165) is 48.8 Å². The molecule has 3 heterocycles. The zero-order chi connectivity index (χ0) is 21.7. The normalized spacial score (nSPS) is 23.7. The summed E-state index contributed by atoms with van der Waals surface area (Å²) < 4.78 is 5.65. The van der Waals surface area contributed by atoms with Crippen LogP contribution in [-0.4, -0.2) is 27.3 Å². The van der Waals surface area contributed by atoms with E-state index in [1.807, 2.05) is 17.2 Å². The summed E-state index contributed by atoms with van der Waals surface area (Å²) in [5.74, 6) is 0.358. The SMILES string of the molecule is C[C@H]1c2c(Cl)cc(Cl)cc2CCN1C(=O)[C@@H]1CCC[C@@H](c2cncc3nc(N)oc23)C1. The number of carbonyl (C=O) groups excluding carboxylic acids is 1. The summed E-state index contributed by atoms with van der Waals surface area (Å²) in [4.78, 5) is 24.1. The largest absolute Gasteiger partial charge is 0.423 e. The Morgan fingerprint density at radius 2 is 2.10 bits per heavy atom. The van der Waals surface area contributed by atoms with Gasteiger partial charge < -0.3 is 15.1 Å². The number of hydrogen-bond donors (Lipinski definition) is 1. The number of carbonyl (C=O) groups is 1. The maximum atomic E-state index is 13.6. The topological polar surface area (TPSA) is 85.2 Å². The number of rotatable bonds is 2. The summed E-state index contributed by atoms with van der Waals surface area (Å²) in [5, 5.41) is 1.27. The van der Waals surface area contributed by atoms with Gasteiger partial charge in [0.15, 0.2) is 5.58 Å². The molecule has 0 saturated heterocycles. The van der Waals surface area contributed by atoms with Gasteiger partial charge in [0.2, 0.25) is 5.91 Å². The van der Waals surface area contributed by atoms with Crippen molar-refractivity contribution in [3.8, 4) is 0 Å². The Morgan fingerprint density at radius 1 is 1.26 bits per heavy atom. The van der Waals surface area contributed by atoms with E-state index in [0.29, 0.717) is 27.7 Å². The first-order chi connectivity index (χ1) is 14.9. The number of oxazole rings is 1. The lowest BCUT2D eigenvalue weighted by molar-refractivity contribution is -0.139. The minimum Gasteiger partial charge on any atom is -0.423 e. The number of nitrogen functional groups attached to an aromatic ring is 1. The highest BCUT2D eigenvalue weighted by atomic mass is 35.5. The van der Waals surface area contributed by atoms with Crippen LogP contribution in [0.3, 0.4) is 0 Å². The van der Waals surface area contributed by atoms with Gasteiger partial charge in [0.25, 0.3) is 6.01 Å². The molecule has 3 aromatic rings. The molecule has 31 heavy (non-hydrogen) atoms. The minimum atomic E-state index is -0.0689. The van der Waals surface area contributed by atoms with E-state index in [4.69, 9.17) is 33.4 Å². The lowest BCUT2D eigenvalue weighted by Crippen LogP contribution is -2.43. The molecule has 162 valence electrons. The van der Waals surface area contributed by atoms with Crippen LogP contribution in [0.5, 0.6) is 0 Å². The third kappa shape index (κ3) is 3.66. The maximum absolute atomic E-state index is 13.6. The predicted molar refractivity (Wildman–Crippen MR) is 121 cm³/mol. The first-order valence-corrected chi connectivity index (χ1v) is 11.5. The molecule has 0 spiro atoms. The van der Waals surface area contributed by atoms with Crippen molar-refractivity contribution < 1.29 is 9.21 Å². The molecule has 2 aromatic heterocycles. The number of halogens is 2. The molecule has 2 aliphatic rings. The Kier molecular flexibility index (Phi) is 5.30. The van der Waals surface area contributed by atoms with Crippen LogP contribution in [0.1, 0.15) is 61.3 Å². The van der Waals surface area contributed by atoms with Crippen molar-refractivity contribution in [1.29, 1.82) is 0 Å². The van der Waals surface area contributed by atoms with Crippen molar-refractivity contribution in [3.63, 3.8) is 0 Å². The Balaban J connectivity index is 1.38. The summed E-state index contributed by atoms with van der Waals surface area (Å²) in [5.41, 5.74) is 10.3. The van der Waals surface area contributed by atoms with Gasteiger partial charge >= 0.3 is 0 Å². The molecule has 8 heteroatoms. The number of anilines is 1. The average molecular weight is 459 g/mol. The Hall–Kier alpha value is -2.31. The molecule has 0 unspecified atom stereocenters. The van der Waals surface area contributed by atoms with Crippen LogP contribution in [0.2, 0.25) is 10.0 Å². The molecule has 1 saturated carbocycles. The molecule has 3 atom stereocenters. The van der Waals surface area contributed by atoms with Crippen molar-refractivity contribution in [2.45, 2.75) is 51.0 Å². The number of pyridine rings is 1. The predicted octanol–water partition coefficient (Wildman–Crippen LogP) is 5.53. The highest BCUT2D eigenvalue weighted by molar-refractivity contribution is 6.35. The lowest BCUT2D eigenvalue weighted by Gasteiger charge is -2.39. The zero-order valence-corrected chi connectivity index (χ0v) is 18.8. The highest BCUT2D eigenvalue weighted by Crippen LogP contribution is 2.42. The van der Waals surface area contributed by atoms with Gasteiger partial charge in [-0.2, -0.15) is 4.98 Å². The van der Waals surface area contributed by atoms with Crippen molar-refractivity contribution in [2.75, 3.05) is 12.3 Å². The van der Waals surface area contributed by atoms with E-state index in [9.17, 15) is 4.79 Å². The molecule has 6 nitrogen and oxygen atoms in total. The van der Waals surface area contributed by atoms with E-state index in [1.54, 1.807) is 12.3 Å². The van der Waals surface area contributed by atoms with Crippen LogP contribution in [-0.2, 0) is 11.2 Å². The Morgan fingerprint density at radius 3 is 2.94 bits per heavy atom. The smallest absolute Gasteiger partial charge is 0.293 e. The Labute approximate surface area is 190 Å². The zero-order valence-electron chi connectivity index (χ0n) is 17.3. The number of nitrogens with two attached hydrogens (primary N) is 1. The third-order valence-electron chi connectivity index (χ3n) is 6.78. The maximum Gasteiger partial charge on any atom is 0.293 e. The molecule has 1 aliphatic carbocycles. The molecule has 1 aliphatic heterocycles. The van der Waals surface area contributed by atoms with E-state index in [-0.39, 0.29) is 29.8 Å². The number of nitrogens with zero attached hydrogens (tertiary/aromatic N) is 3. The van der Waals surface area contributed by atoms with E-state index in [2.05, 4.69) is 16.9 Å². The lowest BCUT2D eigenvalue weighted by atomic mass is 9.77. The second-order valence-corrected chi connectivity index (χ2v) is 9.45. The minimum absolute atomic E-state index is 0.0376. The van der Waals surface area contributed by atoms with Gasteiger partial charge in [0, 0.05) is 34.3 Å². The summed E-state index contributed by atoms with van der Waals surface area (Å²) >= 11 is 12.7. The van der Waals surface area contributed by atoms with Gasteiger partial charge in [-0.1, -0.05) is 29.6 Å². The van der Waals surface area contributed by atoms with Gasteiger partial charge in [-0.05, 0) is 61.8 Å². The highest BCUT2D eigenvalue weighted by Gasteiger charge is 2.36. The molecule has 1 fully saturated rings. The van der Waals surface area contributed by atoms with Gasteiger partial charge in [-0.25, -0.2) is 0 Å². The summed E-state index contributed by atoms with van der Waals surface area (Å²) in [6, 6.07) is 3.81. The summed E-state index contributed by atoms with van der Waals surface area (Å²) in [7, 11) is 0. The number of aromatic nitrogens is 2. The fourth-order valence-corrected chi connectivity index (χ4v) is 6.01. The molecule has 1 aromatic carbocycles. The van der Waals surface area contributed by atoms with Crippen molar-refractivity contribution in [2.24, 2.45) is 5.92 Å². The summed E-state index contributed by atoms with van der Waals surface area (Å²) in [6.45, 7) is 2.73. The molecular weight excluding hydrogens is 435 g/mol. The van der Waals surface area contributed by atoms with Crippen LogP contribution in [0, 0.1) is 5.92 Å². The molecule has 0 bridgehead atoms. The fraction of sp³-hybridized carbons (Fsp3) is 0.435. The monoisotopic (exact) mass is 458 g/mol. The molecule has 2 N–H and O–H groups in total. The molecule has 0 radical (unpaired) electrons. The number of hydrogen-bond acceptors (Lipinski definition) is 5. The number of fused-ring (bicyclic) bond motifs is 2. The first-order valence-electron chi connectivity index (χ1n) is 10.7. The second kappa shape index (κ2) is 7.99. The van der Waals surface area contributed by atoms with Gasteiger partial charge in [-0.15, -0.1) is 0 Å².